The van der Waals surface area contributed by atoms with Crippen LogP contribution in [0.4, 0.5) is 4.79 Å². The number of unbranched alkanes of at least 4 members (excludes halogenated alkanes) is 2. The van der Waals surface area contributed by atoms with Gasteiger partial charge in [0.25, 0.3) is 0 Å². The Bertz CT molecular complexity index is 410. The summed E-state index contributed by atoms with van der Waals surface area (Å²) in [7, 11) is 0. The first-order valence-corrected chi connectivity index (χ1v) is 10.2. The van der Waals surface area contributed by atoms with Gasteiger partial charge in [-0.05, 0) is 52.0 Å². The summed E-state index contributed by atoms with van der Waals surface area (Å²) in [5.74, 6) is 0.156. The van der Waals surface area contributed by atoms with Crippen molar-refractivity contribution >= 4 is 11.9 Å². The first-order chi connectivity index (χ1) is 12.1. The minimum atomic E-state index is -0.0385. The summed E-state index contributed by atoms with van der Waals surface area (Å²) in [6.07, 6.45) is 11.5. The zero-order valence-corrected chi connectivity index (χ0v) is 15.7. The van der Waals surface area contributed by atoms with Crippen molar-refractivity contribution in [1.82, 2.24) is 21.3 Å². The van der Waals surface area contributed by atoms with E-state index in [0.717, 1.165) is 51.5 Å². The van der Waals surface area contributed by atoms with Gasteiger partial charge in [-0.3, -0.25) is 4.79 Å². The van der Waals surface area contributed by atoms with Crippen LogP contribution >= 0.6 is 0 Å². The molecule has 1 aliphatic carbocycles. The van der Waals surface area contributed by atoms with Crippen LogP contribution in [0.1, 0.15) is 77.6 Å². The second-order valence-electron chi connectivity index (χ2n) is 7.60. The molecule has 2 rings (SSSR count). The Labute approximate surface area is 152 Å². The number of hydrogen-bond donors (Lipinski definition) is 4. The Morgan fingerprint density at radius 3 is 2.52 bits per heavy atom. The molecule has 25 heavy (non-hydrogen) atoms. The largest absolute Gasteiger partial charge is 0.352 e. The molecule has 6 nitrogen and oxygen atoms in total. The van der Waals surface area contributed by atoms with E-state index in [1.54, 1.807) is 0 Å². The zero-order valence-electron chi connectivity index (χ0n) is 15.7. The van der Waals surface area contributed by atoms with Crippen molar-refractivity contribution in [2.45, 2.75) is 95.7 Å². The second kappa shape index (κ2) is 11.3. The zero-order chi connectivity index (χ0) is 17.9. The predicted molar refractivity (Wildman–Crippen MR) is 101 cm³/mol. The number of piperidine rings is 1. The molecule has 0 aromatic rings. The van der Waals surface area contributed by atoms with Crippen molar-refractivity contribution < 1.29 is 9.59 Å². The summed E-state index contributed by atoms with van der Waals surface area (Å²) in [4.78, 5) is 23.8. The Morgan fingerprint density at radius 1 is 0.960 bits per heavy atom. The SMILES string of the molecule is CC1NCCCC1NC(=O)CCCCCNC(=O)NC1CCCCC1. The highest BCUT2D eigenvalue weighted by Crippen LogP contribution is 2.17. The van der Waals surface area contributed by atoms with Crippen molar-refractivity contribution in [3.05, 3.63) is 0 Å². The number of urea groups is 1. The molecule has 144 valence electrons. The first-order valence-electron chi connectivity index (χ1n) is 10.2. The van der Waals surface area contributed by atoms with Gasteiger partial charge in [-0.15, -0.1) is 0 Å². The fourth-order valence-electron chi connectivity index (χ4n) is 3.79. The highest BCUT2D eigenvalue weighted by Gasteiger charge is 2.21. The van der Waals surface area contributed by atoms with Crippen LogP contribution in [0.15, 0.2) is 0 Å². The van der Waals surface area contributed by atoms with Crippen molar-refractivity contribution in [2.75, 3.05) is 13.1 Å². The molecule has 1 saturated carbocycles. The molecule has 0 bridgehead atoms. The molecule has 2 aliphatic rings. The third kappa shape index (κ3) is 8.08. The standard InChI is InChI=1S/C19H36N4O2/c1-15-17(11-8-14-20-15)23-18(24)12-6-3-7-13-21-19(25)22-16-9-4-2-5-10-16/h15-17,20H,2-14H2,1H3,(H,23,24)(H2,21,22,25). The van der Waals surface area contributed by atoms with E-state index in [4.69, 9.17) is 0 Å². The van der Waals surface area contributed by atoms with Crippen LogP contribution in [-0.2, 0) is 4.79 Å². The van der Waals surface area contributed by atoms with Crippen LogP contribution in [-0.4, -0.2) is 43.2 Å². The maximum atomic E-state index is 12.0. The quantitative estimate of drug-likeness (QED) is 0.506. The maximum Gasteiger partial charge on any atom is 0.315 e. The van der Waals surface area contributed by atoms with Gasteiger partial charge in [-0.1, -0.05) is 25.7 Å². The van der Waals surface area contributed by atoms with Crippen LogP contribution in [0.5, 0.6) is 0 Å². The summed E-state index contributed by atoms with van der Waals surface area (Å²) >= 11 is 0. The molecule has 2 unspecified atom stereocenters. The summed E-state index contributed by atoms with van der Waals surface area (Å²) in [6.45, 7) is 3.87. The Morgan fingerprint density at radius 2 is 1.76 bits per heavy atom. The molecule has 3 amide bonds. The summed E-state index contributed by atoms with van der Waals surface area (Å²) < 4.78 is 0. The monoisotopic (exact) mass is 352 g/mol. The van der Waals surface area contributed by atoms with E-state index in [1.807, 2.05) is 0 Å². The summed E-state index contributed by atoms with van der Waals surface area (Å²) in [6, 6.07) is 0.952. The Balaban J connectivity index is 1.44. The fraction of sp³-hybridized carbons (Fsp3) is 0.895. The molecule has 6 heteroatoms. The van der Waals surface area contributed by atoms with E-state index in [1.165, 1.54) is 19.3 Å². The number of carbonyl (C=O) groups is 2. The molecule has 0 aromatic carbocycles. The van der Waals surface area contributed by atoms with Gasteiger partial charge < -0.3 is 21.3 Å². The van der Waals surface area contributed by atoms with E-state index < -0.39 is 0 Å². The van der Waals surface area contributed by atoms with E-state index in [-0.39, 0.29) is 18.0 Å². The fourth-order valence-corrected chi connectivity index (χ4v) is 3.79. The molecule has 0 radical (unpaired) electrons. The van der Waals surface area contributed by atoms with Crippen molar-refractivity contribution in [2.24, 2.45) is 0 Å². The van der Waals surface area contributed by atoms with Gasteiger partial charge >= 0.3 is 6.03 Å². The third-order valence-corrected chi connectivity index (χ3v) is 5.41. The molecule has 4 N–H and O–H groups in total. The third-order valence-electron chi connectivity index (χ3n) is 5.41. The molecule has 1 aliphatic heterocycles. The van der Waals surface area contributed by atoms with Gasteiger partial charge in [0.05, 0.1) is 0 Å². The summed E-state index contributed by atoms with van der Waals surface area (Å²) in [5, 5.41) is 12.5. The Hall–Kier alpha value is -1.30. The van der Waals surface area contributed by atoms with Crippen molar-refractivity contribution in [1.29, 1.82) is 0 Å². The van der Waals surface area contributed by atoms with Crippen LogP contribution in [0.3, 0.4) is 0 Å². The van der Waals surface area contributed by atoms with E-state index in [2.05, 4.69) is 28.2 Å². The van der Waals surface area contributed by atoms with Crippen LogP contribution < -0.4 is 21.3 Å². The van der Waals surface area contributed by atoms with E-state index in [9.17, 15) is 9.59 Å². The minimum Gasteiger partial charge on any atom is -0.352 e. The van der Waals surface area contributed by atoms with Gasteiger partial charge in [0.2, 0.25) is 5.91 Å². The average molecular weight is 353 g/mol. The molecule has 1 heterocycles. The van der Waals surface area contributed by atoms with Crippen LogP contribution in [0.25, 0.3) is 0 Å². The number of nitrogens with one attached hydrogen (secondary N) is 4. The molecule has 2 atom stereocenters. The molecular weight excluding hydrogens is 316 g/mol. The van der Waals surface area contributed by atoms with E-state index >= 15 is 0 Å². The maximum absolute atomic E-state index is 12.0. The average Bonchev–Trinajstić information content (AvgIpc) is 2.61. The number of rotatable bonds is 8. The summed E-state index contributed by atoms with van der Waals surface area (Å²) in [5.41, 5.74) is 0. The number of hydrogen-bond acceptors (Lipinski definition) is 3. The smallest absolute Gasteiger partial charge is 0.315 e. The highest BCUT2D eigenvalue weighted by molar-refractivity contribution is 5.76. The van der Waals surface area contributed by atoms with Gasteiger partial charge in [0, 0.05) is 31.1 Å². The topological polar surface area (TPSA) is 82.3 Å². The lowest BCUT2D eigenvalue weighted by Gasteiger charge is -2.30. The number of amides is 3. The minimum absolute atomic E-state index is 0.0385. The first kappa shape index (κ1) is 20.0. The van der Waals surface area contributed by atoms with Crippen molar-refractivity contribution in [3.63, 3.8) is 0 Å². The highest BCUT2D eigenvalue weighted by atomic mass is 16.2. The molecule has 0 spiro atoms. The normalized spacial score (nSPS) is 24.5. The number of carbonyl (C=O) groups excluding carboxylic acids is 2. The van der Waals surface area contributed by atoms with Gasteiger partial charge in [0.1, 0.15) is 0 Å². The second-order valence-corrected chi connectivity index (χ2v) is 7.60. The predicted octanol–water partition coefficient (Wildman–Crippen LogP) is 2.44. The van der Waals surface area contributed by atoms with Gasteiger partial charge in [0.15, 0.2) is 0 Å². The van der Waals surface area contributed by atoms with Gasteiger partial charge in [-0.25, -0.2) is 4.79 Å². The molecule has 2 fully saturated rings. The Kier molecular flexibility index (Phi) is 9.08. The van der Waals surface area contributed by atoms with Crippen molar-refractivity contribution in [3.8, 4) is 0 Å². The lowest BCUT2D eigenvalue weighted by molar-refractivity contribution is -0.122. The lowest BCUT2D eigenvalue weighted by Crippen LogP contribution is -2.51. The molecular formula is C19H36N4O2. The lowest BCUT2D eigenvalue weighted by atomic mass is 9.96. The van der Waals surface area contributed by atoms with Crippen LogP contribution in [0, 0.1) is 0 Å². The van der Waals surface area contributed by atoms with Crippen LogP contribution in [0.2, 0.25) is 0 Å². The molecule has 0 aromatic heterocycles. The van der Waals surface area contributed by atoms with Gasteiger partial charge in [-0.2, -0.15) is 0 Å². The molecule has 1 saturated heterocycles. The van der Waals surface area contributed by atoms with E-state index in [0.29, 0.717) is 25.0 Å².